The van der Waals surface area contributed by atoms with Crippen molar-refractivity contribution in [3.05, 3.63) is 18.2 Å². The highest BCUT2D eigenvalue weighted by Crippen LogP contribution is 2.32. The van der Waals surface area contributed by atoms with Gasteiger partial charge in [0.05, 0.1) is 13.2 Å². The quantitative estimate of drug-likeness (QED) is 0.870. The van der Waals surface area contributed by atoms with Crippen LogP contribution in [0.25, 0.3) is 0 Å². The zero-order valence-corrected chi connectivity index (χ0v) is 12.3. The van der Waals surface area contributed by atoms with Gasteiger partial charge >= 0.3 is 6.61 Å². The van der Waals surface area contributed by atoms with E-state index in [0.29, 0.717) is 12.4 Å². The number of rotatable bonds is 6. The number of alkyl halides is 2. The fourth-order valence-electron chi connectivity index (χ4n) is 2.49. The van der Waals surface area contributed by atoms with Gasteiger partial charge in [-0.1, -0.05) is 6.92 Å². The highest BCUT2D eigenvalue weighted by atomic mass is 19.3. The maximum Gasteiger partial charge on any atom is 0.387 e. The standard InChI is InChI=1S/C15H21F2NO3/c1-3-12-8-11(6-7-20-12)18-10-4-5-13(19-2)14(9-10)21-15(16)17/h4-5,9,11-12,15,18H,3,6-8H2,1-2H3. The van der Waals surface area contributed by atoms with Crippen molar-refractivity contribution in [1.82, 2.24) is 0 Å². The van der Waals surface area contributed by atoms with Crippen molar-refractivity contribution >= 4 is 5.69 Å². The fraction of sp³-hybridized carbons (Fsp3) is 0.600. The van der Waals surface area contributed by atoms with Crippen molar-refractivity contribution in [1.29, 1.82) is 0 Å². The summed E-state index contributed by atoms with van der Waals surface area (Å²) in [4.78, 5) is 0. The maximum atomic E-state index is 12.4. The number of benzene rings is 1. The number of halogens is 2. The van der Waals surface area contributed by atoms with E-state index in [9.17, 15) is 8.78 Å². The molecule has 21 heavy (non-hydrogen) atoms. The molecule has 0 aliphatic carbocycles. The van der Waals surface area contributed by atoms with Gasteiger partial charge in [-0.3, -0.25) is 0 Å². The number of hydrogen-bond donors (Lipinski definition) is 1. The lowest BCUT2D eigenvalue weighted by molar-refractivity contribution is -0.0511. The van der Waals surface area contributed by atoms with Gasteiger partial charge in [0.15, 0.2) is 11.5 Å². The molecule has 118 valence electrons. The Kier molecular flexibility index (Phi) is 5.61. The van der Waals surface area contributed by atoms with E-state index in [0.717, 1.165) is 24.9 Å². The molecule has 2 rings (SSSR count). The molecule has 0 bridgehead atoms. The first-order valence-corrected chi connectivity index (χ1v) is 7.13. The SMILES string of the molecule is CCC1CC(Nc2ccc(OC)c(OC(F)F)c2)CCO1. The van der Waals surface area contributed by atoms with E-state index in [4.69, 9.17) is 9.47 Å². The third-order valence-electron chi connectivity index (χ3n) is 3.57. The molecule has 1 aliphatic heterocycles. The molecule has 1 saturated heterocycles. The summed E-state index contributed by atoms with van der Waals surface area (Å²) in [5.41, 5.74) is 0.744. The molecule has 1 fully saturated rings. The third kappa shape index (κ3) is 4.46. The lowest BCUT2D eigenvalue weighted by Crippen LogP contribution is -2.33. The van der Waals surface area contributed by atoms with Gasteiger partial charge in [0.25, 0.3) is 0 Å². The van der Waals surface area contributed by atoms with Gasteiger partial charge in [0.2, 0.25) is 0 Å². The predicted octanol–water partition coefficient (Wildman–Crippen LogP) is 3.67. The first-order chi connectivity index (χ1) is 10.1. The molecule has 2 atom stereocenters. The van der Waals surface area contributed by atoms with Gasteiger partial charge in [-0.05, 0) is 31.4 Å². The maximum absolute atomic E-state index is 12.4. The summed E-state index contributed by atoms with van der Waals surface area (Å²) in [5, 5.41) is 3.35. The lowest BCUT2D eigenvalue weighted by Gasteiger charge is -2.30. The smallest absolute Gasteiger partial charge is 0.387 e. The van der Waals surface area contributed by atoms with Crippen LogP contribution in [0.1, 0.15) is 26.2 Å². The highest BCUT2D eigenvalue weighted by molar-refractivity contribution is 5.55. The molecule has 1 aromatic rings. The van der Waals surface area contributed by atoms with Gasteiger partial charge in [0.1, 0.15) is 0 Å². The average molecular weight is 301 g/mol. The zero-order chi connectivity index (χ0) is 15.2. The molecule has 4 nitrogen and oxygen atoms in total. The van der Waals surface area contributed by atoms with Crippen LogP contribution in [0.5, 0.6) is 11.5 Å². The van der Waals surface area contributed by atoms with Crippen LogP contribution < -0.4 is 14.8 Å². The Bertz CT molecular complexity index is 457. The first kappa shape index (κ1) is 15.8. The molecule has 1 aromatic carbocycles. The summed E-state index contributed by atoms with van der Waals surface area (Å²) in [6.07, 6.45) is 3.04. The molecule has 0 spiro atoms. The molecule has 2 unspecified atom stereocenters. The monoisotopic (exact) mass is 301 g/mol. The van der Waals surface area contributed by atoms with Crippen LogP contribution in [0.2, 0.25) is 0 Å². The largest absolute Gasteiger partial charge is 0.493 e. The molecule has 6 heteroatoms. The molecule has 0 aromatic heterocycles. The molecule has 1 heterocycles. The van der Waals surface area contributed by atoms with Crippen LogP contribution in [0.3, 0.4) is 0 Å². The van der Waals surface area contributed by atoms with Crippen LogP contribution in [0, 0.1) is 0 Å². The third-order valence-corrected chi connectivity index (χ3v) is 3.57. The van der Waals surface area contributed by atoms with E-state index in [1.165, 1.54) is 7.11 Å². The molecular weight excluding hydrogens is 280 g/mol. The van der Waals surface area contributed by atoms with E-state index in [-0.39, 0.29) is 17.9 Å². The van der Waals surface area contributed by atoms with Gasteiger partial charge < -0.3 is 19.5 Å². The second kappa shape index (κ2) is 7.45. The summed E-state index contributed by atoms with van der Waals surface area (Å²) in [5.74, 6) is 0.330. The summed E-state index contributed by atoms with van der Waals surface area (Å²) in [6.45, 7) is -0.0662. The van der Waals surface area contributed by atoms with Gasteiger partial charge in [-0.25, -0.2) is 0 Å². The Hall–Kier alpha value is -1.56. The number of ether oxygens (including phenoxy) is 3. The number of hydrogen-bond acceptors (Lipinski definition) is 4. The molecule has 0 saturated carbocycles. The van der Waals surface area contributed by atoms with Crippen LogP contribution >= 0.6 is 0 Å². The van der Waals surface area contributed by atoms with Crippen LogP contribution in [0.15, 0.2) is 18.2 Å². The second-order valence-corrected chi connectivity index (χ2v) is 5.01. The van der Waals surface area contributed by atoms with Crippen molar-refractivity contribution in [3.8, 4) is 11.5 Å². The van der Waals surface area contributed by atoms with Crippen molar-refractivity contribution in [2.24, 2.45) is 0 Å². The van der Waals surface area contributed by atoms with Crippen LogP contribution in [-0.4, -0.2) is 32.5 Å². The minimum atomic E-state index is -2.87. The van der Waals surface area contributed by atoms with Gasteiger partial charge in [0, 0.05) is 24.4 Å². The Balaban J connectivity index is 2.05. The number of nitrogens with one attached hydrogen (secondary N) is 1. The molecular formula is C15H21F2NO3. The van der Waals surface area contributed by atoms with E-state index in [1.807, 2.05) is 0 Å². The topological polar surface area (TPSA) is 39.7 Å². The van der Waals surface area contributed by atoms with Crippen LogP contribution in [0.4, 0.5) is 14.5 Å². The van der Waals surface area contributed by atoms with E-state index < -0.39 is 6.61 Å². The van der Waals surface area contributed by atoms with E-state index in [2.05, 4.69) is 17.0 Å². The predicted molar refractivity (Wildman–Crippen MR) is 76.3 cm³/mol. The van der Waals surface area contributed by atoms with Crippen molar-refractivity contribution < 1.29 is 23.0 Å². The summed E-state index contributed by atoms with van der Waals surface area (Å²) in [6, 6.07) is 5.24. The second-order valence-electron chi connectivity index (χ2n) is 5.01. The molecule has 1 aliphatic rings. The minimum Gasteiger partial charge on any atom is -0.493 e. The number of anilines is 1. The van der Waals surface area contributed by atoms with Crippen molar-refractivity contribution in [3.63, 3.8) is 0 Å². The van der Waals surface area contributed by atoms with E-state index in [1.54, 1.807) is 18.2 Å². The molecule has 0 radical (unpaired) electrons. The first-order valence-electron chi connectivity index (χ1n) is 7.13. The Morgan fingerprint density at radius 1 is 1.38 bits per heavy atom. The highest BCUT2D eigenvalue weighted by Gasteiger charge is 2.21. The van der Waals surface area contributed by atoms with Crippen molar-refractivity contribution in [2.75, 3.05) is 19.0 Å². The average Bonchev–Trinajstić information content (AvgIpc) is 2.47. The Morgan fingerprint density at radius 3 is 2.86 bits per heavy atom. The van der Waals surface area contributed by atoms with Crippen molar-refractivity contribution in [2.45, 2.75) is 44.9 Å². The fourth-order valence-corrected chi connectivity index (χ4v) is 2.49. The Labute approximate surface area is 123 Å². The summed E-state index contributed by atoms with van der Waals surface area (Å²) >= 11 is 0. The van der Waals surface area contributed by atoms with Gasteiger partial charge in [-0.15, -0.1) is 0 Å². The van der Waals surface area contributed by atoms with Crippen LogP contribution in [-0.2, 0) is 4.74 Å². The normalized spacial score (nSPS) is 22.1. The Morgan fingerprint density at radius 2 is 2.19 bits per heavy atom. The zero-order valence-electron chi connectivity index (χ0n) is 12.3. The van der Waals surface area contributed by atoms with Gasteiger partial charge in [-0.2, -0.15) is 8.78 Å². The molecule has 0 amide bonds. The van der Waals surface area contributed by atoms with E-state index >= 15 is 0 Å². The summed E-state index contributed by atoms with van der Waals surface area (Å²) in [7, 11) is 1.42. The minimum absolute atomic E-state index is 0.0385. The number of methoxy groups -OCH3 is 1. The molecule has 1 N–H and O–H groups in total. The lowest BCUT2D eigenvalue weighted by atomic mass is 10.0. The summed E-state index contributed by atoms with van der Waals surface area (Å²) < 4.78 is 39.9.